The molecule has 22 heavy (non-hydrogen) atoms. The van der Waals surface area contributed by atoms with Crippen molar-refractivity contribution in [2.45, 2.75) is 44.8 Å². The zero-order chi connectivity index (χ0) is 16.3. The average Bonchev–Trinajstić information content (AvgIpc) is 2.45. The van der Waals surface area contributed by atoms with Gasteiger partial charge in [-0.05, 0) is 44.9 Å². The number of methoxy groups -OCH3 is 1. The molecule has 1 saturated heterocycles. The number of nitrogens with zero attached hydrogens (tertiary/aromatic N) is 1. The zero-order valence-corrected chi connectivity index (χ0v) is 13.7. The van der Waals surface area contributed by atoms with Gasteiger partial charge in [-0.25, -0.2) is 4.79 Å². The summed E-state index contributed by atoms with van der Waals surface area (Å²) >= 11 is 0. The van der Waals surface area contributed by atoms with Crippen LogP contribution in [0.25, 0.3) is 0 Å². The lowest BCUT2D eigenvalue weighted by Crippen LogP contribution is -2.47. The number of carbonyl (C=O) groups is 1. The van der Waals surface area contributed by atoms with Crippen LogP contribution in [0.15, 0.2) is 24.3 Å². The average molecular weight is 307 g/mol. The number of aliphatic hydroxyl groups excluding tert-OH is 1. The summed E-state index contributed by atoms with van der Waals surface area (Å²) in [5, 5.41) is 10.4. The molecule has 1 aliphatic heterocycles. The maximum atomic E-state index is 12.1. The Morgan fingerprint density at radius 2 is 2.09 bits per heavy atom. The van der Waals surface area contributed by atoms with Crippen LogP contribution in [0.1, 0.15) is 38.7 Å². The molecular weight excluding hydrogens is 282 g/mol. The second kappa shape index (κ2) is 6.57. The number of ether oxygens (including phenoxy) is 2. The van der Waals surface area contributed by atoms with Crippen LogP contribution >= 0.6 is 0 Å². The van der Waals surface area contributed by atoms with Crippen molar-refractivity contribution in [1.82, 2.24) is 4.90 Å². The Morgan fingerprint density at radius 3 is 2.68 bits per heavy atom. The molecule has 122 valence electrons. The van der Waals surface area contributed by atoms with Gasteiger partial charge in [0.25, 0.3) is 0 Å². The van der Waals surface area contributed by atoms with Gasteiger partial charge >= 0.3 is 6.09 Å². The van der Waals surface area contributed by atoms with Crippen LogP contribution in [0, 0.1) is 0 Å². The highest BCUT2D eigenvalue weighted by atomic mass is 16.6. The van der Waals surface area contributed by atoms with Crippen molar-refractivity contribution in [3.8, 4) is 5.75 Å². The van der Waals surface area contributed by atoms with Crippen molar-refractivity contribution in [3.05, 3.63) is 29.8 Å². The molecular formula is C17H25NO4. The lowest BCUT2D eigenvalue weighted by Gasteiger charge is -2.37. The van der Waals surface area contributed by atoms with Gasteiger partial charge in [0, 0.05) is 12.5 Å². The van der Waals surface area contributed by atoms with Gasteiger partial charge in [0.2, 0.25) is 0 Å². The van der Waals surface area contributed by atoms with Crippen LogP contribution in [0.2, 0.25) is 0 Å². The fourth-order valence-electron chi connectivity index (χ4n) is 2.68. The van der Waals surface area contributed by atoms with Gasteiger partial charge in [-0.2, -0.15) is 0 Å². The summed E-state index contributed by atoms with van der Waals surface area (Å²) in [7, 11) is 1.63. The fraction of sp³-hybridized carbons (Fsp3) is 0.588. The van der Waals surface area contributed by atoms with E-state index in [2.05, 4.69) is 0 Å². The van der Waals surface area contributed by atoms with Gasteiger partial charge in [0.1, 0.15) is 11.4 Å². The predicted molar refractivity (Wildman–Crippen MR) is 84.2 cm³/mol. The predicted octanol–water partition coefficient (Wildman–Crippen LogP) is 2.78. The van der Waals surface area contributed by atoms with Crippen LogP contribution in [0.3, 0.4) is 0 Å². The number of benzene rings is 1. The molecule has 2 rings (SSSR count). The van der Waals surface area contributed by atoms with Crippen molar-refractivity contribution in [2.24, 2.45) is 0 Å². The number of hydrogen-bond acceptors (Lipinski definition) is 4. The molecule has 1 aromatic carbocycles. The first-order chi connectivity index (χ1) is 10.3. The Kier molecular flexibility index (Phi) is 4.96. The molecule has 0 radical (unpaired) electrons. The van der Waals surface area contributed by atoms with Crippen LogP contribution in [-0.4, -0.2) is 48.0 Å². The number of likely N-dealkylation sites (tertiary alicyclic amines) is 1. The maximum Gasteiger partial charge on any atom is 0.410 e. The first-order valence-corrected chi connectivity index (χ1v) is 7.60. The standard InChI is InChI=1S/C17H25NO4/c1-17(2,3)22-16(20)18-9-8-14(15(19)11-18)12-6-5-7-13(10-12)21-4/h5-7,10,14-15,19H,8-9,11H2,1-4H3/t14-,15-/m1/s1. The van der Waals surface area contributed by atoms with Crippen molar-refractivity contribution in [1.29, 1.82) is 0 Å². The normalized spacial score (nSPS) is 22.3. The molecule has 0 unspecified atom stereocenters. The zero-order valence-electron chi connectivity index (χ0n) is 13.7. The van der Waals surface area contributed by atoms with E-state index in [1.807, 2.05) is 45.0 Å². The van der Waals surface area contributed by atoms with Gasteiger partial charge in [0.05, 0.1) is 19.8 Å². The van der Waals surface area contributed by atoms with Gasteiger partial charge in [0.15, 0.2) is 0 Å². The van der Waals surface area contributed by atoms with Gasteiger partial charge in [-0.15, -0.1) is 0 Å². The Hall–Kier alpha value is -1.75. The number of β-amino-alcohol motifs (C(OH)–C–C–N with tert-alkyl or cyclic N) is 1. The topological polar surface area (TPSA) is 59.0 Å². The largest absolute Gasteiger partial charge is 0.497 e. The van der Waals surface area contributed by atoms with Crippen LogP contribution in [0.5, 0.6) is 5.75 Å². The molecule has 0 aliphatic carbocycles. The first kappa shape index (κ1) is 16.6. The smallest absolute Gasteiger partial charge is 0.410 e. The van der Waals surface area contributed by atoms with Gasteiger partial charge in [-0.1, -0.05) is 12.1 Å². The number of aliphatic hydroxyl groups is 1. The number of hydrogen-bond donors (Lipinski definition) is 1. The van der Waals surface area contributed by atoms with E-state index >= 15 is 0 Å². The number of carbonyl (C=O) groups excluding carboxylic acids is 1. The molecule has 5 heteroatoms. The van der Waals surface area contributed by atoms with E-state index < -0.39 is 11.7 Å². The molecule has 0 bridgehead atoms. The van der Waals surface area contributed by atoms with Crippen LogP contribution in [0.4, 0.5) is 4.79 Å². The second-order valence-electron chi connectivity index (χ2n) is 6.67. The number of amides is 1. The molecule has 5 nitrogen and oxygen atoms in total. The van der Waals surface area contributed by atoms with Gasteiger partial charge < -0.3 is 19.5 Å². The third kappa shape index (κ3) is 4.13. The van der Waals surface area contributed by atoms with Crippen molar-refractivity contribution < 1.29 is 19.4 Å². The summed E-state index contributed by atoms with van der Waals surface area (Å²) in [5.41, 5.74) is 0.516. The van der Waals surface area contributed by atoms with E-state index in [9.17, 15) is 9.90 Å². The summed E-state index contributed by atoms with van der Waals surface area (Å²) in [4.78, 5) is 13.7. The number of piperidine rings is 1. The van der Waals surface area contributed by atoms with E-state index in [1.165, 1.54) is 0 Å². The SMILES string of the molecule is COc1cccc([C@H]2CCN(C(=O)OC(C)(C)C)C[C@H]2O)c1. The van der Waals surface area contributed by atoms with Crippen LogP contribution in [-0.2, 0) is 4.74 Å². The summed E-state index contributed by atoms with van der Waals surface area (Å²) in [6, 6.07) is 7.73. The minimum absolute atomic E-state index is 0.00814. The van der Waals surface area contributed by atoms with Gasteiger partial charge in [-0.3, -0.25) is 0 Å². The quantitative estimate of drug-likeness (QED) is 0.913. The molecule has 1 N–H and O–H groups in total. The second-order valence-corrected chi connectivity index (χ2v) is 6.67. The van der Waals surface area contributed by atoms with Crippen molar-refractivity contribution in [2.75, 3.05) is 20.2 Å². The maximum absolute atomic E-state index is 12.1. The van der Waals surface area contributed by atoms with E-state index in [0.29, 0.717) is 13.0 Å². The molecule has 1 amide bonds. The van der Waals surface area contributed by atoms with Crippen LogP contribution < -0.4 is 4.74 Å². The first-order valence-electron chi connectivity index (χ1n) is 7.60. The Labute approximate surface area is 131 Å². The molecule has 1 aliphatic rings. The highest BCUT2D eigenvalue weighted by molar-refractivity contribution is 5.68. The minimum atomic E-state index is -0.603. The van der Waals surface area contributed by atoms with E-state index in [0.717, 1.165) is 11.3 Å². The molecule has 0 spiro atoms. The summed E-state index contributed by atoms with van der Waals surface area (Å²) < 4.78 is 10.6. The molecule has 1 heterocycles. The summed E-state index contributed by atoms with van der Waals surface area (Å²) in [6.45, 7) is 6.38. The Morgan fingerprint density at radius 1 is 1.36 bits per heavy atom. The Bertz CT molecular complexity index is 524. The van der Waals surface area contributed by atoms with E-state index in [1.54, 1.807) is 12.0 Å². The summed E-state index contributed by atoms with van der Waals surface area (Å²) in [6.07, 6.45) is -0.267. The molecule has 2 atom stereocenters. The number of rotatable bonds is 2. The highest BCUT2D eigenvalue weighted by Gasteiger charge is 2.33. The van der Waals surface area contributed by atoms with E-state index in [-0.39, 0.29) is 18.6 Å². The molecule has 1 fully saturated rings. The van der Waals surface area contributed by atoms with E-state index in [4.69, 9.17) is 9.47 Å². The third-order valence-corrected chi connectivity index (χ3v) is 3.76. The highest BCUT2D eigenvalue weighted by Crippen LogP contribution is 2.31. The minimum Gasteiger partial charge on any atom is -0.497 e. The monoisotopic (exact) mass is 307 g/mol. The molecule has 0 aromatic heterocycles. The molecule has 1 aromatic rings. The lowest BCUT2D eigenvalue weighted by molar-refractivity contribution is -0.00153. The molecule has 0 saturated carbocycles. The Balaban J connectivity index is 2.02. The third-order valence-electron chi connectivity index (χ3n) is 3.76. The fourth-order valence-corrected chi connectivity index (χ4v) is 2.68. The lowest BCUT2D eigenvalue weighted by atomic mass is 9.87. The summed E-state index contributed by atoms with van der Waals surface area (Å²) in [5.74, 6) is 0.785. The van der Waals surface area contributed by atoms with Crippen molar-refractivity contribution >= 4 is 6.09 Å². The van der Waals surface area contributed by atoms with Crippen molar-refractivity contribution in [3.63, 3.8) is 0 Å².